The summed E-state index contributed by atoms with van der Waals surface area (Å²) in [7, 11) is 0. The maximum atomic E-state index is 12.7. The number of hydrogen-bond acceptors (Lipinski definition) is 4. The van der Waals surface area contributed by atoms with Crippen molar-refractivity contribution in [3.8, 4) is 0 Å². The fourth-order valence-corrected chi connectivity index (χ4v) is 3.00. The Labute approximate surface area is 160 Å². The molecule has 1 atom stereocenters. The van der Waals surface area contributed by atoms with Crippen LogP contribution in [0.5, 0.6) is 0 Å². The predicted octanol–water partition coefficient (Wildman–Crippen LogP) is 1.90. The van der Waals surface area contributed by atoms with Crippen LogP contribution in [0.2, 0.25) is 0 Å². The number of nitrogens with zero attached hydrogens (tertiary/aromatic N) is 2. The van der Waals surface area contributed by atoms with E-state index in [9.17, 15) is 32.7 Å². The molecule has 154 valence electrons. The number of amides is 2. The summed E-state index contributed by atoms with van der Waals surface area (Å²) in [6.45, 7) is 3.55. The number of halogens is 3. The van der Waals surface area contributed by atoms with Gasteiger partial charge in [0.25, 0.3) is 0 Å². The van der Waals surface area contributed by atoms with Crippen LogP contribution < -0.4 is 5.32 Å². The van der Waals surface area contributed by atoms with Crippen LogP contribution in [0, 0.1) is 5.92 Å². The Morgan fingerprint density at radius 1 is 1.18 bits per heavy atom. The molecule has 1 fully saturated rings. The van der Waals surface area contributed by atoms with Gasteiger partial charge in [0.2, 0.25) is 11.8 Å². The van der Waals surface area contributed by atoms with Crippen LogP contribution in [0.4, 0.5) is 18.9 Å². The highest BCUT2D eigenvalue weighted by Crippen LogP contribution is 2.30. The first-order valence-corrected chi connectivity index (χ1v) is 8.74. The van der Waals surface area contributed by atoms with E-state index in [-0.39, 0.29) is 24.6 Å². The highest BCUT2D eigenvalue weighted by atomic mass is 19.4. The van der Waals surface area contributed by atoms with Gasteiger partial charge in [0.05, 0.1) is 11.5 Å². The van der Waals surface area contributed by atoms with Gasteiger partial charge in [-0.1, -0.05) is 6.07 Å². The lowest BCUT2D eigenvalue weighted by Crippen LogP contribution is -2.50. The van der Waals surface area contributed by atoms with Crippen molar-refractivity contribution >= 4 is 23.5 Å². The van der Waals surface area contributed by atoms with Gasteiger partial charge in [0.15, 0.2) is 0 Å². The number of hydrogen-bond donors (Lipinski definition) is 2. The summed E-state index contributed by atoms with van der Waals surface area (Å²) in [5.41, 5.74) is -0.942. The van der Waals surface area contributed by atoms with Crippen molar-refractivity contribution in [2.75, 3.05) is 38.0 Å². The first-order chi connectivity index (χ1) is 13.1. The zero-order valence-electron chi connectivity index (χ0n) is 15.3. The van der Waals surface area contributed by atoms with E-state index in [0.717, 1.165) is 12.1 Å². The minimum absolute atomic E-state index is 0.0426. The maximum absolute atomic E-state index is 12.7. The third kappa shape index (κ3) is 6.22. The number of rotatable bonds is 6. The third-order valence-corrected chi connectivity index (χ3v) is 4.55. The molecule has 0 aliphatic carbocycles. The van der Waals surface area contributed by atoms with E-state index < -0.39 is 29.5 Å². The minimum Gasteiger partial charge on any atom is -0.481 e. The second kappa shape index (κ2) is 9.05. The number of alkyl halides is 3. The van der Waals surface area contributed by atoms with E-state index in [1.165, 1.54) is 19.1 Å². The van der Waals surface area contributed by atoms with Crippen LogP contribution in [-0.4, -0.2) is 65.4 Å². The highest BCUT2D eigenvalue weighted by Gasteiger charge is 2.31. The molecule has 1 aliphatic heterocycles. The standard InChI is InChI=1S/C18H22F3N3O4/c1-12(25)24-7-5-23(6-8-24)11-13(17(27)28)9-16(26)22-15-4-2-3-14(10-15)18(19,20)21/h2-4,10,13H,5-9,11H2,1H3,(H,22,26)(H,27,28)/t13-/m0/s1. The molecule has 2 rings (SSSR count). The largest absolute Gasteiger partial charge is 0.481 e. The lowest BCUT2D eigenvalue weighted by Gasteiger charge is -2.35. The lowest BCUT2D eigenvalue weighted by molar-refractivity contribution is -0.144. The number of carbonyl (C=O) groups is 3. The summed E-state index contributed by atoms with van der Waals surface area (Å²) in [5.74, 6) is -2.88. The van der Waals surface area contributed by atoms with Crippen LogP contribution in [0.1, 0.15) is 18.9 Å². The van der Waals surface area contributed by atoms with Gasteiger partial charge < -0.3 is 15.3 Å². The number of benzene rings is 1. The molecule has 1 aliphatic rings. The van der Waals surface area contributed by atoms with Crippen molar-refractivity contribution in [2.24, 2.45) is 5.92 Å². The van der Waals surface area contributed by atoms with E-state index in [4.69, 9.17) is 0 Å². The van der Waals surface area contributed by atoms with Gasteiger partial charge in [0, 0.05) is 51.8 Å². The van der Waals surface area contributed by atoms with Gasteiger partial charge in [0.1, 0.15) is 0 Å². The fourth-order valence-electron chi connectivity index (χ4n) is 3.00. The molecule has 0 aromatic heterocycles. The molecule has 0 spiro atoms. The zero-order valence-corrected chi connectivity index (χ0v) is 15.3. The van der Waals surface area contributed by atoms with Gasteiger partial charge >= 0.3 is 12.1 Å². The van der Waals surface area contributed by atoms with Crippen LogP contribution in [0.25, 0.3) is 0 Å². The highest BCUT2D eigenvalue weighted by molar-refractivity contribution is 5.93. The topological polar surface area (TPSA) is 90.0 Å². The number of carboxylic acid groups (broad SMARTS) is 1. The van der Waals surface area contributed by atoms with Gasteiger partial charge in [-0.05, 0) is 18.2 Å². The van der Waals surface area contributed by atoms with E-state index in [0.29, 0.717) is 26.2 Å². The first kappa shape index (κ1) is 21.7. The van der Waals surface area contributed by atoms with Crippen molar-refractivity contribution in [2.45, 2.75) is 19.5 Å². The molecule has 1 aromatic carbocycles. The number of carbonyl (C=O) groups excluding carboxylic acids is 2. The molecule has 0 unspecified atom stereocenters. The smallest absolute Gasteiger partial charge is 0.416 e. The Morgan fingerprint density at radius 3 is 2.36 bits per heavy atom. The van der Waals surface area contributed by atoms with Gasteiger partial charge in [-0.25, -0.2) is 0 Å². The SMILES string of the molecule is CC(=O)N1CCN(C[C@H](CC(=O)Nc2cccc(C(F)(F)F)c2)C(=O)O)CC1. The van der Waals surface area contributed by atoms with Crippen molar-refractivity contribution in [3.63, 3.8) is 0 Å². The summed E-state index contributed by atoms with van der Waals surface area (Å²) in [5, 5.41) is 11.7. The molecule has 0 bridgehead atoms. The van der Waals surface area contributed by atoms with Gasteiger partial charge in [-0.3, -0.25) is 19.3 Å². The summed E-state index contributed by atoms with van der Waals surface area (Å²) in [6.07, 6.45) is -4.90. The second-order valence-corrected chi connectivity index (χ2v) is 6.67. The van der Waals surface area contributed by atoms with Crippen molar-refractivity contribution in [1.29, 1.82) is 0 Å². The van der Waals surface area contributed by atoms with Gasteiger partial charge in [-0.15, -0.1) is 0 Å². The van der Waals surface area contributed by atoms with Crippen molar-refractivity contribution < 1.29 is 32.7 Å². The normalized spacial score (nSPS) is 16.5. The van der Waals surface area contributed by atoms with E-state index in [1.807, 2.05) is 4.90 Å². The summed E-state index contributed by atoms with van der Waals surface area (Å²) < 4.78 is 38.2. The van der Waals surface area contributed by atoms with Crippen LogP contribution in [0.15, 0.2) is 24.3 Å². The number of anilines is 1. The fraction of sp³-hybridized carbons (Fsp3) is 0.500. The molecule has 1 aromatic rings. The summed E-state index contributed by atoms with van der Waals surface area (Å²) in [4.78, 5) is 38.5. The molecule has 2 amide bonds. The molecule has 28 heavy (non-hydrogen) atoms. The average Bonchev–Trinajstić information content (AvgIpc) is 2.61. The average molecular weight is 401 g/mol. The quantitative estimate of drug-likeness (QED) is 0.760. The van der Waals surface area contributed by atoms with Gasteiger partial charge in [-0.2, -0.15) is 13.2 Å². The van der Waals surface area contributed by atoms with E-state index in [2.05, 4.69) is 5.32 Å². The first-order valence-electron chi connectivity index (χ1n) is 8.74. The molecule has 0 saturated carbocycles. The summed E-state index contributed by atoms with van der Waals surface area (Å²) >= 11 is 0. The summed E-state index contributed by atoms with van der Waals surface area (Å²) in [6, 6.07) is 4.16. The number of nitrogens with one attached hydrogen (secondary N) is 1. The van der Waals surface area contributed by atoms with Crippen LogP contribution in [0.3, 0.4) is 0 Å². The minimum atomic E-state index is -4.54. The Hall–Kier alpha value is -2.62. The Kier molecular flexibility index (Phi) is 7.00. The number of aliphatic carboxylic acids is 1. The Balaban J connectivity index is 1.93. The molecule has 1 saturated heterocycles. The molecule has 2 N–H and O–H groups in total. The molecular formula is C18H22F3N3O4. The molecule has 1 heterocycles. The van der Waals surface area contributed by atoms with Crippen molar-refractivity contribution in [1.82, 2.24) is 9.80 Å². The predicted molar refractivity (Wildman–Crippen MR) is 94.5 cm³/mol. The van der Waals surface area contributed by atoms with Crippen LogP contribution >= 0.6 is 0 Å². The Bertz CT molecular complexity index is 731. The van der Waals surface area contributed by atoms with Crippen molar-refractivity contribution in [3.05, 3.63) is 29.8 Å². The van der Waals surface area contributed by atoms with E-state index in [1.54, 1.807) is 4.90 Å². The third-order valence-electron chi connectivity index (χ3n) is 4.55. The second-order valence-electron chi connectivity index (χ2n) is 6.67. The molecular weight excluding hydrogens is 379 g/mol. The monoisotopic (exact) mass is 401 g/mol. The Morgan fingerprint density at radius 2 is 1.82 bits per heavy atom. The molecule has 10 heteroatoms. The molecule has 7 nitrogen and oxygen atoms in total. The number of piperazine rings is 1. The van der Waals surface area contributed by atoms with E-state index >= 15 is 0 Å². The zero-order chi connectivity index (χ0) is 20.9. The number of carboxylic acids is 1. The molecule has 0 radical (unpaired) electrons. The lowest BCUT2D eigenvalue weighted by atomic mass is 10.0. The maximum Gasteiger partial charge on any atom is 0.416 e. The van der Waals surface area contributed by atoms with Crippen LogP contribution in [-0.2, 0) is 20.6 Å².